The monoisotopic (exact) mass is 285 g/mol. The third kappa shape index (κ3) is 4.97. The number of hydrogen-bond donors (Lipinski definition) is 1. The van der Waals surface area contributed by atoms with E-state index in [1.165, 1.54) is 22.3 Å². The van der Waals surface area contributed by atoms with Crippen LogP contribution in [0, 0.1) is 0 Å². The number of hydrogen-bond acceptors (Lipinski definition) is 3. The Hall–Kier alpha value is -1.68. The summed E-state index contributed by atoms with van der Waals surface area (Å²) in [6.45, 7) is 3.00. The first kappa shape index (κ1) is 15.7. The summed E-state index contributed by atoms with van der Waals surface area (Å²) in [5, 5.41) is 3.49. The molecule has 0 heterocycles. The normalized spacial score (nSPS) is 10.8. The van der Waals surface area contributed by atoms with Gasteiger partial charge in [0.1, 0.15) is 0 Å². The van der Waals surface area contributed by atoms with E-state index in [9.17, 15) is 0 Å². The average molecular weight is 285 g/mol. The third-order valence-electron chi connectivity index (χ3n) is 3.37. The van der Waals surface area contributed by atoms with E-state index in [0.717, 1.165) is 13.1 Å². The quantitative estimate of drug-likeness (QED) is 0.807. The summed E-state index contributed by atoms with van der Waals surface area (Å²) in [6.07, 6.45) is 0. The highest BCUT2D eigenvalue weighted by molar-refractivity contribution is 5.27. The van der Waals surface area contributed by atoms with Crippen molar-refractivity contribution in [2.75, 3.05) is 14.2 Å². The first-order valence-corrected chi connectivity index (χ1v) is 7.16. The topological polar surface area (TPSA) is 30.5 Å². The lowest BCUT2D eigenvalue weighted by Gasteiger charge is -2.10. The lowest BCUT2D eigenvalue weighted by molar-refractivity contribution is 0.184. The molecule has 0 aromatic heterocycles. The maximum atomic E-state index is 5.23. The van der Waals surface area contributed by atoms with Crippen LogP contribution in [0.4, 0.5) is 0 Å². The van der Waals surface area contributed by atoms with Crippen LogP contribution in [0.25, 0.3) is 0 Å². The van der Waals surface area contributed by atoms with Gasteiger partial charge in [-0.3, -0.25) is 0 Å². The fourth-order valence-corrected chi connectivity index (χ4v) is 2.36. The maximum absolute atomic E-state index is 5.23. The van der Waals surface area contributed by atoms with Crippen molar-refractivity contribution in [1.82, 2.24) is 5.32 Å². The Labute approximate surface area is 126 Å². The Balaban J connectivity index is 1.91. The highest BCUT2D eigenvalue weighted by atomic mass is 16.5. The average Bonchev–Trinajstić information content (AvgIpc) is 2.50. The molecule has 0 aliphatic carbocycles. The number of nitrogens with one attached hydrogen (secondary N) is 1. The van der Waals surface area contributed by atoms with Gasteiger partial charge in [-0.15, -0.1) is 0 Å². The second-order valence-corrected chi connectivity index (χ2v) is 5.06. The van der Waals surface area contributed by atoms with Crippen LogP contribution in [-0.4, -0.2) is 14.2 Å². The van der Waals surface area contributed by atoms with E-state index < -0.39 is 0 Å². The van der Waals surface area contributed by atoms with Crippen LogP contribution in [0.5, 0.6) is 0 Å². The molecule has 0 saturated heterocycles. The summed E-state index contributed by atoms with van der Waals surface area (Å²) in [4.78, 5) is 0. The molecule has 3 nitrogen and oxygen atoms in total. The van der Waals surface area contributed by atoms with Gasteiger partial charge in [-0.05, 0) is 22.3 Å². The molecule has 1 N–H and O–H groups in total. The van der Waals surface area contributed by atoms with E-state index in [2.05, 4.69) is 47.8 Å². The molecule has 0 radical (unpaired) electrons. The molecule has 0 unspecified atom stereocenters. The molecule has 112 valence electrons. The third-order valence-corrected chi connectivity index (χ3v) is 3.37. The van der Waals surface area contributed by atoms with Crippen LogP contribution >= 0.6 is 0 Å². The minimum absolute atomic E-state index is 0.654. The van der Waals surface area contributed by atoms with E-state index in [-0.39, 0.29) is 0 Å². The highest BCUT2D eigenvalue weighted by Crippen LogP contribution is 2.11. The van der Waals surface area contributed by atoms with Gasteiger partial charge in [-0.2, -0.15) is 0 Å². The molecular formula is C18H23NO2. The van der Waals surface area contributed by atoms with Crippen molar-refractivity contribution in [2.45, 2.75) is 26.3 Å². The highest BCUT2D eigenvalue weighted by Gasteiger charge is 2.01. The molecule has 0 saturated carbocycles. The second kappa shape index (κ2) is 8.57. The zero-order valence-corrected chi connectivity index (χ0v) is 12.8. The molecular weight excluding hydrogens is 262 g/mol. The van der Waals surface area contributed by atoms with Crippen molar-refractivity contribution in [3.63, 3.8) is 0 Å². The lowest BCUT2D eigenvalue weighted by Crippen LogP contribution is -2.14. The van der Waals surface area contributed by atoms with Crippen LogP contribution in [0.15, 0.2) is 48.5 Å². The van der Waals surface area contributed by atoms with E-state index >= 15 is 0 Å². The first-order chi connectivity index (χ1) is 10.3. The molecule has 2 rings (SSSR count). The van der Waals surface area contributed by atoms with Crippen LogP contribution < -0.4 is 5.32 Å². The van der Waals surface area contributed by atoms with E-state index in [1.54, 1.807) is 14.2 Å². The number of rotatable bonds is 8. The first-order valence-electron chi connectivity index (χ1n) is 7.16. The van der Waals surface area contributed by atoms with Crippen molar-refractivity contribution >= 4 is 0 Å². The van der Waals surface area contributed by atoms with Gasteiger partial charge >= 0.3 is 0 Å². The van der Waals surface area contributed by atoms with Gasteiger partial charge in [-0.25, -0.2) is 0 Å². The molecule has 0 spiro atoms. The molecule has 0 bridgehead atoms. The minimum Gasteiger partial charge on any atom is -0.380 e. The zero-order chi connectivity index (χ0) is 14.9. The summed E-state index contributed by atoms with van der Waals surface area (Å²) in [6, 6.07) is 16.8. The molecule has 0 fully saturated rings. The van der Waals surface area contributed by atoms with Gasteiger partial charge in [-0.1, -0.05) is 48.5 Å². The second-order valence-electron chi connectivity index (χ2n) is 5.06. The van der Waals surface area contributed by atoms with Crippen molar-refractivity contribution in [2.24, 2.45) is 0 Å². The van der Waals surface area contributed by atoms with Gasteiger partial charge in [0.15, 0.2) is 0 Å². The molecule has 2 aromatic rings. The van der Waals surface area contributed by atoms with Gasteiger partial charge < -0.3 is 14.8 Å². The summed E-state index contributed by atoms with van der Waals surface area (Å²) in [7, 11) is 3.45. The molecule has 0 amide bonds. The fourth-order valence-electron chi connectivity index (χ4n) is 2.36. The number of methoxy groups -OCH3 is 2. The molecule has 3 heteroatoms. The fraction of sp³-hybridized carbons (Fsp3) is 0.333. The Bertz CT molecular complexity index is 554. The van der Waals surface area contributed by atoms with E-state index in [4.69, 9.17) is 9.47 Å². The van der Waals surface area contributed by atoms with Crippen LogP contribution in [0.2, 0.25) is 0 Å². The van der Waals surface area contributed by atoms with E-state index in [1.807, 2.05) is 6.07 Å². The van der Waals surface area contributed by atoms with Crippen molar-refractivity contribution in [3.05, 3.63) is 70.8 Å². The molecule has 0 aliphatic rings. The predicted molar refractivity (Wildman–Crippen MR) is 84.9 cm³/mol. The SMILES string of the molecule is COCc1cccc(CNCc2ccccc2COC)c1. The largest absolute Gasteiger partial charge is 0.380 e. The minimum atomic E-state index is 0.654. The summed E-state index contributed by atoms with van der Waals surface area (Å²) >= 11 is 0. The van der Waals surface area contributed by atoms with Gasteiger partial charge in [0, 0.05) is 27.3 Å². The van der Waals surface area contributed by atoms with Crippen LogP contribution in [0.3, 0.4) is 0 Å². The van der Waals surface area contributed by atoms with Gasteiger partial charge in [0.2, 0.25) is 0 Å². The molecule has 0 atom stereocenters. The summed E-state index contributed by atoms with van der Waals surface area (Å²) in [5.74, 6) is 0. The summed E-state index contributed by atoms with van der Waals surface area (Å²) in [5.41, 5.74) is 5.00. The molecule has 21 heavy (non-hydrogen) atoms. The Morgan fingerprint density at radius 1 is 0.762 bits per heavy atom. The van der Waals surface area contributed by atoms with Gasteiger partial charge in [0.05, 0.1) is 13.2 Å². The van der Waals surface area contributed by atoms with E-state index in [0.29, 0.717) is 13.2 Å². The lowest BCUT2D eigenvalue weighted by atomic mass is 10.1. The standard InChI is InChI=1S/C18H23NO2/c1-20-13-16-7-5-6-15(10-16)11-19-12-17-8-3-4-9-18(17)14-21-2/h3-10,19H,11-14H2,1-2H3. The zero-order valence-electron chi connectivity index (χ0n) is 12.8. The molecule has 0 aliphatic heterocycles. The Morgan fingerprint density at radius 2 is 1.48 bits per heavy atom. The van der Waals surface area contributed by atoms with Crippen LogP contribution in [0.1, 0.15) is 22.3 Å². The number of benzene rings is 2. The Morgan fingerprint density at radius 3 is 2.24 bits per heavy atom. The summed E-state index contributed by atoms with van der Waals surface area (Å²) < 4.78 is 10.4. The maximum Gasteiger partial charge on any atom is 0.0716 e. The smallest absolute Gasteiger partial charge is 0.0716 e. The van der Waals surface area contributed by atoms with Crippen molar-refractivity contribution < 1.29 is 9.47 Å². The predicted octanol–water partition coefficient (Wildman–Crippen LogP) is 3.27. The van der Waals surface area contributed by atoms with Crippen molar-refractivity contribution in [1.29, 1.82) is 0 Å². The number of ether oxygens (including phenoxy) is 2. The van der Waals surface area contributed by atoms with Crippen molar-refractivity contribution in [3.8, 4) is 0 Å². The van der Waals surface area contributed by atoms with Gasteiger partial charge in [0.25, 0.3) is 0 Å². The Kier molecular flexibility index (Phi) is 6.41. The molecule has 2 aromatic carbocycles. The van der Waals surface area contributed by atoms with Crippen LogP contribution in [-0.2, 0) is 35.8 Å².